The third-order valence-electron chi connectivity index (χ3n) is 4.51. The molecule has 0 spiro atoms. The number of aldehydes is 1. The lowest BCUT2D eigenvalue weighted by Crippen LogP contribution is -2.52. The van der Waals surface area contributed by atoms with Crippen LogP contribution < -0.4 is 0 Å². The largest absolute Gasteiger partial charge is 0.301 e. The minimum Gasteiger partial charge on any atom is -0.301 e. The highest BCUT2D eigenvalue weighted by molar-refractivity contribution is 6.30. The Bertz CT molecular complexity index is 479. The van der Waals surface area contributed by atoms with Crippen LogP contribution in [-0.2, 0) is 11.2 Å². The first-order valence-electron chi connectivity index (χ1n) is 7.31. The van der Waals surface area contributed by atoms with E-state index in [4.69, 9.17) is 11.6 Å². The third-order valence-corrected chi connectivity index (χ3v) is 4.73. The quantitative estimate of drug-likeness (QED) is 0.776. The molecule has 0 amide bonds. The van der Waals surface area contributed by atoms with E-state index in [1.54, 1.807) is 6.07 Å². The standard InChI is InChI=1S/C16H20ClN2O/c17-15-3-1-2-14(12-15)4-7-18-8-10-19(11-9-18)16(13-20)5-6-16/h2-3,12-13H,4-11H2. The SMILES string of the molecule is O=CC1(N2CCN(CCc3c[c]cc(Cl)c3)CC2)CC1. The molecule has 2 fully saturated rings. The first-order valence-corrected chi connectivity index (χ1v) is 7.69. The van der Waals surface area contributed by atoms with Crippen LogP contribution in [0.4, 0.5) is 0 Å². The molecule has 1 aliphatic carbocycles. The van der Waals surface area contributed by atoms with Gasteiger partial charge in [-0.05, 0) is 43.0 Å². The van der Waals surface area contributed by atoms with Gasteiger partial charge in [0.1, 0.15) is 6.29 Å². The van der Waals surface area contributed by atoms with E-state index in [0.717, 1.165) is 63.3 Å². The highest BCUT2D eigenvalue weighted by Crippen LogP contribution is 2.39. The van der Waals surface area contributed by atoms with Gasteiger partial charge in [0.2, 0.25) is 0 Å². The van der Waals surface area contributed by atoms with E-state index in [1.165, 1.54) is 5.56 Å². The molecule has 1 saturated carbocycles. The number of rotatable bonds is 5. The molecule has 1 aliphatic heterocycles. The molecule has 0 bridgehead atoms. The molecule has 0 N–H and O–H groups in total. The van der Waals surface area contributed by atoms with Crippen LogP contribution in [0.5, 0.6) is 0 Å². The normalized spacial score (nSPS) is 22.6. The zero-order valence-corrected chi connectivity index (χ0v) is 12.4. The summed E-state index contributed by atoms with van der Waals surface area (Å²) in [6.45, 7) is 5.19. The molecule has 0 unspecified atom stereocenters. The van der Waals surface area contributed by atoms with Gasteiger partial charge < -0.3 is 9.69 Å². The maximum absolute atomic E-state index is 11.1. The highest BCUT2D eigenvalue weighted by Gasteiger charge is 2.48. The van der Waals surface area contributed by atoms with Crippen LogP contribution in [-0.4, -0.2) is 54.3 Å². The van der Waals surface area contributed by atoms with Crippen molar-refractivity contribution >= 4 is 17.9 Å². The Morgan fingerprint density at radius 2 is 2.00 bits per heavy atom. The fraction of sp³-hybridized carbons (Fsp3) is 0.562. The number of hydrogen-bond acceptors (Lipinski definition) is 3. The van der Waals surface area contributed by atoms with E-state index in [0.29, 0.717) is 0 Å². The van der Waals surface area contributed by atoms with Crippen LogP contribution >= 0.6 is 11.6 Å². The summed E-state index contributed by atoms with van der Waals surface area (Å²) < 4.78 is 0. The monoisotopic (exact) mass is 291 g/mol. The number of hydrogen-bond donors (Lipinski definition) is 0. The van der Waals surface area contributed by atoms with E-state index >= 15 is 0 Å². The summed E-state index contributed by atoms with van der Waals surface area (Å²) in [6.07, 6.45) is 4.27. The minimum absolute atomic E-state index is 0.0893. The van der Waals surface area contributed by atoms with Gasteiger partial charge >= 0.3 is 0 Å². The van der Waals surface area contributed by atoms with Crippen molar-refractivity contribution in [1.82, 2.24) is 9.80 Å². The van der Waals surface area contributed by atoms with Crippen molar-refractivity contribution in [2.24, 2.45) is 0 Å². The lowest BCUT2D eigenvalue weighted by Gasteiger charge is -2.37. The van der Waals surface area contributed by atoms with Gasteiger partial charge in [-0.15, -0.1) is 0 Å². The Kier molecular flexibility index (Phi) is 4.11. The Balaban J connectivity index is 1.46. The van der Waals surface area contributed by atoms with Crippen LogP contribution in [0.2, 0.25) is 5.02 Å². The Labute approximate surface area is 125 Å². The first kappa shape index (κ1) is 14.1. The van der Waals surface area contributed by atoms with Crippen molar-refractivity contribution in [3.63, 3.8) is 0 Å². The predicted molar refractivity (Wildman–Crippen MR) is 80.0 cm³/mol. The molecular formula is C16H20ClN2O. The molecule has 1 heterocycles. The van der Waals surface area contributed by atoms with Crippen molar-refractivity contribution in [3.8, 4) is 0 Å². The molecule has 0 aromatic heterocycles. The maximum atomic E-state index is 11.1. The van der Waals surface area contributed by atoms with Gasteiger partial charge in [-0.1, -0.05) is 17.7 Å². The van der Waals surface area contributed by atoms with E-state index in [9.17, 15) is 4.79 Å². The number of benzene rings is 1. The summed E-state index contributed by atoms with van der Waals surface area (Å²) in [7, 11) is 0. The first-order chi connectivity index (χ1) is 9.72. The topological polar surface area (TPSA) is 23.6 Å². The van der Waals surface area contributed by atoms with Crippen LogP contribution in [0, 0.1) is 6.07 Å². The molecule has 1 aromatic carbocycles. The zero-order chi connectivity index (χ0) is 14.0. The number of carbonyl (C=O) groups excluding carboxylic acids is 1. The maximum Gasteiger partial charge on any atom is 0.140 e. The van der Waals surface area contributed by atoms with E-state index in [-0.39, 0.29) is 5.54 Å². The van der Waals surface area contributed by atoms with Crippen molar-refractivity contribution in [2.75, 3.05) is 32.7 Å². The van der Waals surface area contributed by atoms with E-state index in [2.05, 4.69) is 15.9 Å². The van der Waals surface area contributed by atoms with Crippen molar-refractivity contribution in [2.45, 2.75) is 24.8 Å². The third kappa shape index (κ3) is 3.05. The fourth-order valence-electron chi connectivity index (χ4n) is 2.97. The van der Waals surface area contributed by atoms with Crippen molar-refractivity contribution < 1.29 is 4.79 Å². The molecule has 3 nitrogen and oxygen atoms in total. The number of carbonyl (C=O) groups is 1. The number of halogens is 1. The minimum atomic E-state index is -0.0893. The number of nitrogens with zero attached hydrogens (tertiary/aromatic N) is 2. The molecular weight excluding hydrogens is 272 g/mol. The summed E-state index contributed by atoms with van der Waals surface area (Å²) in [4.78, 5) is 16.0. The molecule has 107 valence electrons. The Morgan fingerprint density at radius 1 is 1.25 bits per heavy atom. The van der Waals surface area contributed by atoms with Gasteiger partial charge in [0.15, 0.2) is 0 Å². The van der Waals surface area contributed by atoms with Gasteiger partial charge in [0, 0.05) is 37.7 Å². The van der Waals surface area contributed by atoms with Crippen LogP contribution in [0.25, 0.3) is 0 Å². The second-order valence-corrected chi connectivity index (χ2v) is 6.30. The number of piperazine rings is 1. The van der Waals surface area contributed by atoms with Gasteiger partial charge in [-0.25, -0.2) is 0 Å². The molecule has 3 rings (SSSR count). The molecule has 20 heavy (non-hydrogen) atoms. The van der Waals surface area contributed by atoms with Gasteiger partial charge in [-0.2, -0.15) is 0 Å². The van der Waals surface area contributed by atoms with Crippen molar-refractivity contribution in [1.29, 1.82) is 0 Å². The zero-order valence-electron chi connectivity index (χ0n) is 11.6. The summed E-state index contributed by atoms with van der Waals surface area (Å²) in [5, 5.41) is 0.758. The van der Waals surface area contributed by atoms with Crippen molar-refractivity contribution in [3.05, 3.63) is 34.9 Å². The Morgan fingerprint density at radius 3 is 2.60 bits per heavy atom. The molecule has 4 heteroatoms. The smallest absolute Gasteiger partial charge is 0.140 e. The van der Waals surface area contributed by atoms with Gasteiger partial charge in [0.25, 0.3) is 0 Å². The summed E-state index contributed by atoms with van der Waals surface area (Å²) in [5.41, 5.74) is 1.15. The molecule has 0 atom stereocenters. The average Bonchev–Trinajstić information content (AvgIpc) is 3.27. The van der Waals surface area contributed by atoms with Crippen LogP contribution in [0.15, 0.2) is 18.2 Å². The Hall–Kier alpha value is -0.900. The highest BCUT2D eigenvalue weighted by atomic mass is 35.5. The molecule has 1 aromatic rings. The van der Waals surface area contributed by atoms with Crippen LogP contribution in [0.3, 0.4) is 0 Å². The summed E-state index contributed by atoms with van der Waals surface area (Å²) in [5.74, 6) is 0. The van der Waals surface area contributed by atoms with Crippen LogP contribution in [0.1, 0.15) is 18.4 Å². The molecule has 1 saturated heterocycles. The summed E-state index contributed by atoms with van der Waals surface area (Å²) in [6, 6.07) is 8.87. The average molecular weight is 292 g/mol. The summed E-state index contributed by atoms with van der Waals surface area (Å²) >= 11 is 5.97. The van der Waals surface area contributed by atoms with E-state index in [1.807, 2.05) is 12.1 Å². The second kappa shape index (κ2) is 5.84. The lowest BCUT2D eigenvalue weighted by atomic mass is 10.1. The molecule has 1 radical (unpaired) electrons. The fourth-order valence-corrected chi connectivity index (χ4v) is 3.18. The molecule has 2 aliphatic rings. The van der Waals surface area contributed by atoms with Gasteiger partial charge in [-0.3, -0.25) is 4.90 Å². The predicted octanol–water partition coefficient (Wildman–Crippen LogP) is 2.03. The van der Waals surface area contributed by atoms with Gasteiger partial charge in [0.05, 0.1) is 5.54 Å². The second-order valence-electron chi connectivity index (χ2n) is 5.86. The van der Waals surface area contributed by atoms with E-state index < -0.39 is 0 Å². The lowest BCUT2D eigenvalue weighted by molar-refractivity contribution is -0.114.